The van der Waals surface area contributed by atoms with Crippen molar-refractivity contribution in [2.75, 3.05) is 5.88 Å². The van der Waals surface area contributed by atoms with Gasteiger partial charge in [0, 0.05) is 12.3 Å². The Morgan fingerprint density at radius 1 is 1.60 bits per heavy atom. The number of ketones is 1. The third-order valence-electron chi connectivity index (χ3n) is 1.17. The molecular weight excluding hydrogens is 148 g/mol. The van der Waals surface area contributed by atoms with E-state index in [1.165, 1.54) is 0 Å². The van der Waals surface area contributed by atoms with Crippen LogP contribution in [0, 0.1) is 0 Å². The van der Waals surface area contributed by atoms with Crippen LogP contribution < -0.4 is 0 Å². The molecule has 0 aliphatic rings. The van der Waals surface area contributed by atoms with Crippen molar-refractivity contribution in [3.63, 3.8) is 0 Å². The van der Waals surface area contributed by atoms with E-state index >= 15 is 0 Å². The Morgan fingerprint density at radius 2 is 2.30 bits per heavy atom. The Bertz CT molecular complexity index is 118. The zero-order valence-corrected chi connectivity index (χ0v) is 7.03. The molecule has 0 bridgehead atoms. The van der Waals surface area contributed by atoms with Crippen LogP contribution in [-0.2, 0) is 4.79 Å². The van der Waals surface area contributed by atoms with Crippen molar-refractivity contribution in [1.29, 1.82) is 0 Å². The summed E-state index contributed by atoms with van der Waals surface area (Å²) in [5, 5.41) is 0. The van der Waals surface area contributed by atoms with Crippen LogP contribution in [0.1, 0.15) is 26.2 Å². The van der Waals surface area contributed by atoms with Crippen LogP contribution >= 0.6 is 11.6 Å². The second-order valence-corrected chi connectivity index (χ2v) is 2.44. The Labute approximate surface area is 67.1 Å². The fourth-order valence-corrected chi connectivity index (χ4v) is 0.699. The number of allylic oxidation sites excluding steroid dienone is 2. The van der Waals surface area contributed by atoms with E-state index in [0.717, 1.165) is 12.8 Å². The van der Waals surface area contributed by atoms with Crippen LogP contribution in [0.4, 0.5) is 0 Å². The minimum absolute atomic E-state index is 0.183. The van der Waals surface area contributed by atoms with Gasteiger partial charge in [-0.2, -0.15) is 0 Å². The number of hydrogen-bond donors (Lipinski definition) is 0. The first-order valence-corrected chi connectivity index (χ1v) is 4.10. The lowest BCUT2D eigenvalue weighted by Crippen LogP contribution is -1.90. The van der Waals surface area contributed by atoms with Crippen molar-refractivity contribution >= 4 is 17.4 Å². The number of carbonyl (C=O) groups excluding carboxylic acids is 1. The van der Waals surface area contributed by atoms with Crippen LogP contribution in [0.15, 0.2) is 12.2 Å². The summed E-state index contributed by atoms with van der Waals surface area (Å²) in [7, 11) is 0. The average molecular weight is 161 g/mol. The number of unbranched alkanes of at least 4 members (excludes halogenated alkanes) is 1. The molecule has 1 nitrogen and oxygen atoms in total. The first-order valence-electron chi connectivity index (χ1n) is 3.56. The van der Waals surface area contributed by atoms with Crippen LogP contribution in [0.2, 0.25) is 0 Å². The molecular formula is C8H13ClO. The SMILES string of the molecule is CCCCC(=O)C=CCCl. The van der Waals surface area contributed by atoms with Crippen molar-refractivity contribution in [1.82, 2.24) is 0 Å². The van der Waals surface area contributed by atoms with Gasteiger partial charge in [-0.1, -0.05) is 19.4 Å². The second kappa shape index (κ2) is 6.81. The minimum Gasteiger partial charge on any atom is -0.295 e. The van der Waals surface area contributed by atoms with E-state index in [0.29, 0.717) is 12.3 Å². The van der Waals surface area contributed by atoms with Gasteiger partial charge in [0.2, 0.25) is 0 Å². The topological polar surface area (TPSA) is 17.1 Å². The minimum atomic E-state index is 0.183. The lowest BCUT2D eigenvalue weighted by Gasteiger charge is -1.89. The highest BCUT2D eigenvalue weighted by atomic mass is 35.5. The van der Waals surface area contributed by atoms with E-state index in [4.69, 9.17) is 11.6 Å². The summed E-state index contributed by atoms with van der Waals surface area (Å²) in [6.45, 7) is 2.07. The number of carbonyl (C=O) groups is 1. The van der Waals surface area contributed by atoms with E-state index in [9.17, 15) is 4.79 Å². The van der Waals surface area contributed by atoms with Crippen molar-refractivity contribution in [2.45, 2.75) is 26.2 Å². The monoisotopic (exact) mass is 160 g/mol. The lowest BCUT2D eigenvalue weighted by atomic mass is 10.2. The van der Waals surface area contributed by atoms with Crippen LogP contribution in [0.25, 0.3) is 0 Å². The number of halogens is 1. The molecule has 0 amide bonds. The summed E-state index contributed by atoms with van der Waals surface area (Å²) in [6, 6.07) is 0. The zero-order chi connectivity index (χ0) is 7.82. The second-order valence-electron chi connectivity index (χ2n) is 2.13. The number of alkyl halides is 1. The van der Waals surface area contributed by atoms with Gasteiger partial charge < -0.3 is 0 Å². The molecule has 58 valence electrons. The average Bonchev–Trinajstić information content (AvgIpc) is 1.97. The van der Waals surface area contributed by atoms with Gasteiger partial charge in [-0.3, -0.25) is 4.79 Å². The normalized spacial score (nSPS) is 10.6. The molecule has 0 saturated carbocycles. The predicted molar refractivity (Wildman–Crippen MR) is 44.4 cm³/mol. The Kier molecular flexibility index (Phi) is 6.61. The largest absolute Gasteiger partial charge is 0.295 e. The first kappa shape index (κ1) is 9.70. The molecule has 0 aliphatic carbocycles. The Morgan fingerprint density at radius 3 is 2.80 bits per heavy atom. The summed E-state index contributed by atoms with van der Waals surface area (Å²) in [4.78, 5) is 10.8. The summed E-state index contributed by atoms with van der Waals surface area (Å²) >= 11 is 5.34. The van der Waals surface area contributed by atoms with Gasteiger partial charge in [0.1, 0.15) is 0 Å². The van der Waals surface area contributed by atoms with E-state index in [1.807, 2.05) is 0 Å². The van der Waals surface area contributed by atoms with Gasteiger partial charge in [0.25, 0.3) is 0 Å². The number of rotatable bonds is 5. The molecule has 0 rings (SSSR count). The molecule has 2 heteroatoms. The lowest BCUT2D eigenvalue weighted by molar-refractivity contribution is -0.114. The van der Waals surface area contributed by atoms with Gasteiger partial charge in [0.15, 0.2) is 5.78 Å². The highest BCUT2D eigenvalue weighted by Crippen LogP contribution is 1.95. The van der Waals surface area contributed by atoms with Crippen molar-refractivity contribution in [2.24, 2.45) is 0 Å². The maximum absolute atomic E-state index is 10.8. The van der Waals surface area contributed by atoms with Gasteiger partial charge in [0.05, 0.1) is 0 Å². The summed E-state index contributed by atoms with van der Waals surface area (Å²) in [6.07, 6.45) is 5.94. The van der Waals surface area contributed by atoms with Crippen molar-refractivity contribution in [3.8, 4) is 0 Å². The summed E-state index contributed by atoms with van der Waals surface area (Å²) in [5.41, 5.74) is 0. The van der Waals surface area contributed by atoms with E-state index < -0.39 is 0 Å². The molecule has 0 heterocycles. The third-order valence-corrected chi connectivity index (χ3v) is 1.35. The van der Waals surface area contributed by atoms with Gasteiger partial charge in [-0.05, 0) is 12.5 Å². The molecule has 0 unspecified atom stereocenters. The third kappa shape index (κ3) is 5.83. The molecule has 0 radical (unpaired) electrons. The molecule has 0 atom stereocenters. The van der Waals surface area contributed by atoms with Crippen LogP contribution in [-0.4, -0.2) is 11.7 Å². The summed E-state index contributed by atoms with van der Waals surface area (Å²) in [5.74, 6) is 0.611. The van der Waals surface area contributed by atoms with E-state index in [-0.39, 0.29) is 5.78 Å². The smallest absolute Gasteiger partial charge is 0.155 e. The molecule has 0 spiro atoms. The van der Waals surface area contributed by atoms with Gasteiger partial charge in [-0.15, -0.1) is 11.6 Å². The maximum atomic E-state index is 10.8. The highest BCUT2D eigenvalue weighted by molar-refractivity contribution is 6.19. The molecule has 0 aromatic carbocycles. The summed E-state index contributed by atoms with van der Waals surface area (Å²) < 4.78 is 0. The van der Waals surface area contributed by atoms with E-state index in [1.54, 1.807) is 12.2 Å². The number of hydrogen-bond acceptors (Lipinski definition) is 1. The standard InChI is InChI=1S/C8H13ClO/c1-2-3-5-8(10)6-4-7-9/h4,6H,2-3,5,7H2,1H3. The quantitative estimate of drug-likeness (QED) is 0.446. The Hall–Kier alpha value is -0.300. The molecule has 10 heavy (non-hydrogen) atoms. The van der Waals surface area contributed by atoms with Crippen LogP contribution in [0.5, 0.6) is 0 Å². The highest BCUT2D eigenvalue weighted by Gasteiger charge is 1.92. The van der Waals surface area contributed by atoms with Gasteiger partial charge >= 0.3 is 0 Å². The molecule has 0 N–H and O–H groups in total. The molecule has 0 fully saturated rings. The predicted octanol–water partition coefficient (Wildman–Crippen LogP) is 2.54. The van der Waals surface area contributed by atoms with Crippen molar-refractivity contribution in [3.05, 3.63) is 12.2 Å². The first-order chi connectivity index (χ1) is 4.81. The zero-order valence-electron chi connectivity index (χ0n) is 6.27. The molecule has 0 aromatic rings. The van der Waals surface area contributed by atoms with E-state index in [2.05, 4.69) is 6.92 Å². The van der Waals surface area contributed by atoms with Crippen LogP contribution in [0.3, 0.4) is 0 Å². The fourth-order valence-electron chi connectivity index (χ4n) is 0.610. The molecule has 0 aromatic heterocycles. The van der Waals surface area contributed by atoms with Crippen molar-refractivity contribution < 1.29 is 4.79 Å². The molecule has 0 saturated heterocycles. The fraction of sp³-hybridized carbons (Fsp3) is 0.625. The van der Waals surface area contributed by atoms with Gasteiger partial charge in [-0.25, -0.2) is 0 Å². The molecule has 0 aliphatic heterocycles. The Balaban J connectivity index is 3.34. The maximum Gasteiger partial charge on any atom is 0.155 e.